The van der Waals surface area contributed by atoms with Crippen molar-refractivity contribution in [3.05, 3.63) is 82.8 Å². The van der Waals surface area contributed by atoms with Gasteiger partial charge in [0.05, 0.1) is 22.9 Å². The van der Waals surface area contributed by atoms with Crippen LogP contribution in [0.25, 0.3) is 0 Å². The minimum Gasteiger partial charge on any atom is -0.490 e. The molecule has 0 aromatic heterocycles. The van der Waals surface area contributed by atoms with Crippen molar-refractivity contribution in [3.63, 3.8) is 0 Å². The molecular weight excluding hydrogens is 411 g/mol. The molecule has 0 bridgehead atoms. The quantitative estimate of drug-likeness (QED) is 0.439. The van der Waals surface area contributed by atoms with Crippen LogP contribution >= 0.6 is 23.2 Å². The van der Waals surface area contributed by atoms with Crippen molar-refractivity contribution in [1.82, 2.24) is 0 Å². The second-order valence-electron chi connectivity index (χ2n) is 6.03. The van der Waals surface area contributed by atoms with E-state index < -0.39 is 0 Å². The van der Waals surface area contributed by atoms with Gasteiger partial charge in [-0.2, -0.15) is 0 Å². The molecule has 3 aromatic carbocycles. The van der Waals surface area contributed by atoms with E-state index in [1.165, 1.54) is 0 Å². The number of para-hydroxylation sites is 3. The van der Waals surface area contributed by atoms with Gasteiger partial charge in [0, 0.05) is 5.02 Å². The van der Waals surface area contributed by atoms with Crippen molar-refractivity contribution in [2.45, 2.75) is 0 Å². The van der Waals surface area contributed by atoms with Crippen LogP contribution in [0.3, 0.4) is 0 Å². The summed E-state index contributed by atoms with van der Waals surface area (Å²) in [5, 5.41) is 6.72. The Labute approximate surface area is 179 Å². The zero-order valence-corrected chi connectivity index (χ0v) is 17.0. The number of halogens is 2. The van der Waals surface area contributed by atoms with Gasteiger partial charge in [0.15, 0.2) is 0 Å². The third-order valence-corrected chi connectivity index (χ3v) is 4.45. The van der Waals surface area contributed by atoms with E-state index in [1.807, 2.05) is 54.6 Å². The molecule has 7 heteroatoms. The molecule has 0 aliphatic carbocycles. The van der Waals surface area contributed by atoms with Gasteiger partial charge in [0.25, 0.3) is 0 Å². The Bertz CT molecular complexity index is 952. The van der Waals surface area contributed by atoms with Crippen molar-refractivity contribution in [1.29, 1.82) is 0 Å². The second kappa shape index (κ2) is 10.6. The normalized spacial score (nSPS) is 10.3. The minimum atomic E-state index is -0.253. The van der Waals surface area contributed by atoms with Crippen LogP contribution in [0.1, 0.15) is 0 Å². The van der Waals surface area contributed by atoms with Gasteiger partial charge < -0.3 is 20.1 Å². The summed E-state index contributed by atoms with van der Waals surface area (Å²) >= 11 is 12.0. The molecule has 0 fully saturated rings. The van der Waals surface area contributed by atoms with E-state index in [0.717, 1.165) is 5.75 Å². The molecule has 0 atom stereocenters. The Morgan fingerprint density at radius 2 is 1.55 bits per heavy atom. The average Bonchev–Trinajstić information content (AvgIpc) is 2.74. The number of anilines is 2. The zero-order chi connectivity index (χ0) is 20.5. The first-order chi connectivity index (χ1) is 14.1. The fourth-order valence-corrected chi connectivity index (χ4v) is 2.87. The lowest BCUT2D eigenvalue weighted by atomic mass is 10.3. The summed E-state index contributed by atoms with van der Waals surface area (Å²) in [6.45, 7) is 0.827. The van der Waals surface area contributed by atoms with Crippen LogP contribution in [0, 0.1) is 0 Å². The SMILES string of the molecule is O=C(CNc1ccccc1OCCOc1ccccc1)Nc1cc(Cl)ccc1Cl. The lowest BCUT2D eigenvalue weighted by molar-refractivity contribution is -0.114. The van der Waals surface area contributed by atoms with Gasteiger partial charge in [-0.1, -0.05) is 53.5 Å². The highest BCUT2D eigenvalue weighted by atomic mass is 35.5. The van der Waals surface area contributed by atoms with Crippen LogP contribution in [0.15, 0.2) is 72.8 Å². The molecule has 0 spiro atoms. The molecule has 0 unspecified atom stereocenters. The van der Waals surface area contributed by atoms with E-state index in [0.29, 0.717) is 40.4 Å². The summed E-state index contributed by atoms with van der Waals surface area (Å²) < 4.78 is 11.4. The van der Waals surface area contributed by atoms with Gasteiger partial charge in [-0.25, -0.2) is 0 Å². The van der Waals surface area contributed by atoms with Crippen molar-refractivity contribution in [3.8, 4) is 11.5 Å². The van der Waals surface area contributed by atoms with E-state index in [4.69, 9.17) is 32.7 Å². The number of nitrogens with one attached hydrogen (secondary N) is 2. The van der Waals surface area contributed by atoms with Gasteiger partial charge >= 0.3 is 0 Å². The molecule has 0 radical (unpaired) electrons. The number of amides is 1. The lowest BCUT2D eigenvalue weighted by Gasteiger charge is -2.14. The van der Waals surface area contributed by atoms with Crippen LogP contribution in [0.2, 0.25) is 10.0 Å². The predicted octanol–water partition coefficient (Wildman–Crippen LogP) is 5.50. The van der Waals surface area contributed by atoms with Crippen LogP contribution in [-0.2, 0) is 4.79 Å². The molecule has 29 heavy (non-hydrogen) atoms. The smallest absolute Gasteiger partial charge is 0.243 e. The summed E-state index contributed by atoms with van der Waals surface area (Å²) in [5.74, 6) is 1.17. The molecule has 2 N–H and O–H groups in total. The summed E-state index contributed by atoms with van der Waals surface area (Å²) in [6.07, 6.45) is 0. The molecular formula is C22H20Cl2N2O3. The molecule has 150 valence electrons. The number of benzene rings is 3. The summed E-state index contributed by atoms with van der Waals surface area (Å²) in [5.41, 5.74) is 1.17. The van der Waals surface area contributed by atoms with E-state index in [1.54, 1.807) is 18.2 Å². The van der Waals surface area contributed by atoms with Crippen LogP contribution < -0.4 is 20.1 Å². The van der Waals surface area contributed by atoms with Gasteiger partial charge in [0.1, 0.15) is 24.7 Å². The largest absolute Gasteiger partial charge is 0.490 e. The van der Waals surface area contributed by atoms with Gasteiger partial charge in [-0.15, -0.1) is 0 Å². The molecule has 1 amide bonds. The number of hydrogen-bond acceptors (Lipinski definition) is 4. The van der Waals surface area contributed by atoms with Gasteiger partial charge in [-0.05, 0) is 42.5 Å². The summed E-state index contributed by atoms with van der Waals surface area (Å²) in [6, 6.07) is 21.8. The fraction of sp³-hybridized carbons (Fsp3) is 0.136. The summed E-state index contributed by atoms with van der Waals surface area (Å²) in [7, 11) is 0. The van der Waals surface area contributed by atoms with Crippen molar-refractivity contribution >= 4 is 40.5 Å². The number of ether oxygens (including phenoxy) is 2. The Balaban J connectivity index is 1.49. The Kier molecular flexibility index (Phi) is 7.61. The van der Waals surface area contributed by atoms with Gasteiger partial charge in [-0.3, -0.25) is 4.79 Å². The first-order valence-corrected chi connectivity index (χ1v) is 9.76. The first kappa shape index (κ1) is 20.8. The number of rotatable bonds is 9. The van der Waals surface area contributed by atoms with Crippen molar-refractivity contribution < 1.29 is 14.3 Å². The number of carbonyl (C=O) groups excluding carboxylic acids is 1. The van der Waals surface area contributed by atoms with E-state index in [2.05, 4.69) is 10.6 Å². The molecule has 0 heterocycles. The fourth-order valence-electron chi connectivity index (χ4n) is 2.53. The number of carbonyl (C=O) groups is 1. The number of hydrogen-bond donors (Lipinski definition) is 2. The second-order valence-corrected chi connectivity index (χ2v) is 6.88. The zero-order valence-electron chi connectivity index (χ0n) is 15.5. The molecule has 0 saturated carbocycles. The van der Waals surface area contributed by atoms with Gasteiger partial charge in [0.2, 0.25) is 5.91 Å². The molecule has 0 saturated heterocycles. The highest BCUT2D eigenvalue weighted by molar-refractivity contribution is 6.35. The molecule has 5 nitrogen and oxygen atoms in total. The standard InChI is InChI=1S/C22H20Cl2N2O3/c23-16-10-11-18(24)20(14-16)26-22(27)15-25-19-8-4-5-9-21(19)29-13-12-28-17-6-2-1-3-7-17/h1-11,14,25H,12-13,15H2,(H,26,27). The Morgan fingerprint density at radius 3 is 2.38 bits per heavy atom. The average molecular weight is 431 g/mol. The topological polar surface area (TPSA) is 59.6 Å². The van der Waals surface area contributed by atoms with E-state index in [-0.39, 0.29) is 12.5 Å². The maximum atomic E-state index is 12.2. The van der Waals surface area contributed by atoms with Crippen LogP contribution in [0.4, 0.5) is 11.4 Å². The Hall–Kier alpha value is -2.89. The highest BCUT2D eigenvalue weighted by Gasteiger charge is 2.09. The van der Waals surface area contributed by atoms with Crippen LogP contribution in [-0.4, -0.2) is 25.7 Å². The monoisotopic (exact) mass is 430 g/mol. The van der Waals surface area contributed by atoms with E-state index >= 15 is 0 Å². The highest BCUT2D eigenvalue weighted by Crippen LogP contribution is 2.26. The van der Waals surface area contributed by atoms with Crippen molar-refractivity contribution in [2.75, 3.05) is 30.4 Å². The maximum absolute atomic E-state index is 12.2. The van der Waals surface area contributed by atoms with Crippen molar-refractivity contribution in [2.24, 2.45) is 0 Å². The molecule has 3 rings (SSSR count). The van der Waals surface area contributed by atoms with E-state index in [9.17, 15) is 4.79 Å². The summed E-state index contributed by atoms with van der Waals surface area (Å²) in [4.78, 5) is 12.2. The Morgan fingerprint density at radius 1 is 0.828 bits per heavy atom. The van der Waals surface area contributed by atoms with Crippen LogP contribution in [0.5, 0.6) is 11.5 Å². The predicted molar refractivity (Wildman–Crippen MR) is 117 cm³/mol. The minimum absolute atomic E-state index is 0.0454. The third-order valence-electron chi connectivity index (χ3n) is 3.88. The maximum Gasteiger partial charge on any atom is 0.243 e. The molecule has 3 aromatic rings. The third kappa shape index (κ3) is 6.59. The molecule has 0 aliphatic heterocycles. The molecule has 0 aliphatic rings. The lowest BCUT2D eigenvalue weighted by Crippen LogP contribution is -2.22. The first-order valence-electron chi connectivity index (χ1n) is 9.00.